The Morgan fingerprint density at radius 2 is 2.25 bits per heavy atom. The smallest absolute Gasteiger partial charge is 0.128 e. The highest BCUT2D eigenvalue weighted by atomic mass is 127. The summed E-state index contributed by atoms with van der Waals surface area (Å²) < 4.78 is 13.6. The minimum atomic E-state index is -0.370. The molecule has 1 nitrogen and oxygen atoms in total. The summed E-state index contributed by atoms with van der Waals surface area (Å²) in [4.78, 5) is 0. The maximum Gasteiger partial charge on any atom is 0.128 e. The molecule has 0 aliphatic carbocycles. The largest absolute Gasteiger partial charge is 0.207 e. The van der Waals surface area contributed by atoms with Crippen molar-refractivity contribution in [2.45, 2.75) is 6.42 Å². The lowest BCUT2D eigenvalue weighted by Gasteiger charge is -2.02. The molecule has 62 valence electrons. The van der Waals surface area contributed by atoms with Crippen LogP contribution in [0.5, 0.6) is 0 Å². The molecule has 0 radical (unpaired) electrons. The zero-order valence-corrected chi connectivity index (χ0v) is 8.86. The van der Waals surface area contributed by atoms with Gasteiger partial charge in [0.2, 0.25) is 0 Å². The quantitative estimate of drug-likeness (QED) is 0.577. The summed E-state index contributed by atoms with van der Waals surface area (Å²) >= 11 is 7.67. The molecule has 0 fully saturated rings. The third-order valence-electron chi connectivity index (χ3n) is 1.39. The first-order chi connectivity index (χ1) is 5.66. The lowest BCUT2D eigenvalue weighted by Crippen LogP contribution is -1.93. The molecule has 0 spiro atoms. The Balaban J connectivity index is 3.25. The van der Waals surface area contributed by atoms with Crippen LogP contribution < -0.4 is 0 Å². The maximum absolute atomic E-state index is 13.0. The van der Waals surface area contributed by atoms with Crippen molar-refractivity contribution in [1.82, 2.24) is 0 Å². The molecule has 1 rings (SSSR count). The van der Waals surface area contributed by atoms with Crippen LogP contribution in [0.3, 0.4) is 0 Å². The summed E-state index contributed by atoms with van der Waals surface area (Å²) in [5, 5.41) is 8.88. The zero-order valence-electron chi connectivity index (χ0n) is 5.94. The van der Waals surface area contributed by atoms with Gasteiger partial charge in [-0.15, -0.1) is 0 Å². The van der Waals surface area contributed by atoms with E-state index in [-0.39, 0.29) is 12.2 Å². The van der Waals surface area contributed by atoms with Crippen molar-refractivity contribution in [2.75, 3.05) is 0 Å². The Morgan fingerprint density at radius 3 is 2.83 bits per heavy atom. The molecule has 0 bridgehead atoms. The monoisotopic (exact) mass is 295 g/mol. The van der Waals surface area contributed by atoms with Crippen molar-refractivity contribution in [3.63, 3.8) is 0 Å². The van der Waals surface area contributed by atoms with Gasteiger partial charge in [-0.1, -0.05) is 11.6 Å². The number of nitrogens with zero attached hydrogens (tertiary/aromatic N) is 1. The van der Waals surface area contributed by atoms with Gasteiger partial charge >= 0.3 is 0 Å². The van der Waals surface area contributed by atoms with Crippen LogP contribution in [0.15, 0.2) is 12.1 Å². The second-order valence-corrected chi connectivity index (χ2v) is 3.64. The molecular weight excluding hydrogens is 291 g/mol. The van der Waals surface area contributed by atoms with E-state index in [1.54, 1.807) is 0 Å². The fourth-order valence-electron chi connectivity index (χ4n) is 0.810. The molecule has 1 aromatic carbocycles. The van der Waals surface area contributed by atoms with Crippen molar-refractivity contribution in [1.29, 1.82) is 5.26 Å². The molecule has 1 aromatic rings. The Kier molecular flexibility index (Phi) is 3.29. The van der Waals surface area contributed by atoms with E-state index in [9.17, 15) is 4.39 Å². The van der Waals surface area contributed by atoms with Crippen molar-refractivity contribution >= 4 is 34.2 Å². The van der Waals surface area contributed by atoms with Crippen molar-refractivity contribution in [3.8, 4) is 6.07 Å². The summed E-state index contributed by atoms with van der Waals surface area (Å²) in [5.74, 6) is -0.370. The molecule has 0 aliphatic rings. The fraction of sp³-hybridized carbons (Fsp3) is 0.125. The van der Waals surface area contributed by atoms with Crippen LogP contribution in [-0.2, 0) is 6.42 Å². The minimum Gasteiger partial charge on any atom is -0.207 e. The lowest BCUT2D eigenvalue weighted by atomic mass is 10.1. The number of nitriles is 1. The summed E-state index contributed by atoms with van der Waals surface area (Å²) in [7, 11) is 0. The van der Waals surface area contributed by atoms with Crippen molar-refractivity contribution in [3.05, 3.63) is 32.1 Å². The fourth-order valence-corrected chi connectivity index (χ4v) is 1.62. The van der Waals surface area contributed by atoms with Crippen LogP contribution in [0.1, 0.15) is 5.56 Å². The average Bonchev–Trinajstić information content (AvgIpc) is 2.06. The predicted molar refractivity (Wildman–Crippen MR) is 53.4 cm³/mol. The highest BCUT2D eigenvalue weighted by Crippen LogP contribution is 2.24. The normalized spacial score (nSPS) is 9.50. The van der Waals surface area contributed by atoms with E-state index in [0.29, 0.717) is 14.2 Å². The number of rotatable bonds is 1. The van der Waals surface area contributed by atoms with E-state index >= 15 is 0 Å². The molecule has 0 aromatic heterocycles. The van der Waals surface area contributed by atoms with Crippen molar-refractivity contribution < 1.29 is 4.39 Å². The van der Waals surface area contributed by atoms with Gasteiger partial charge < -0.3 is 0 Å². The van der Waals surface area contributed by atoms with Crippen LogP contribution >= 0.6 is 34.2 Å². The maximum atomic E-state index is 13.0. The lowest BCUT2D eigenvalue weighted by molar-refractivity contribution is 0.614. The van der Waals surface area contributed by atoms with E-state index in [1.807, 2.05) is 28.7 Å². The van der Waals surface area contributed by atoms with Gasteiger partial charge in [-0.25, -0.2) is 4.39 Å². The molecule has 0 saturated carbocycles. The molecule has 0 atom stereocenters. The topological polar surface area (TPSA) is 23.8 Å². The molecule has 0 amide bonds. The van der Waals surface area contributed by atoms with E-state index < -0.39 is 0 Å². The number of halogens is 3. The van der Waals surface area contributed by atoms with E-state index in [0.717, 1.165) is 0 Å². The SMILES string of the molecule is N#CCc1c(F)ccc(Cl)c1I. The third kappa shape index (κ3) is 1.87. The minimum absolute atomic E-state index is 0.0602. The van der Waals surface area contributed by atoms with Crippen LogP contribution in [-0.4, -0.2) is 0 Å². The summed E-state index contributed by atoms with van der Waals surface area (Å²) in [6.07, 6.45) is 0.0602. The zero-order chi connectivity index (χ0) is 9.14. The van der Waals surface area contributed by atoms with Gasteiger partial charge in [0, 0.05) is 9.13 Å². The summed E-state index contributed by atoms with van der Waals surface area (Å²) in [6.45, 7) is 0. The molecule has 0 unspecified atom stereocenters. The Morgan fingerprint density at radius 1 is 1.58 bits per heavy atom. The molecule has 0 heterocycles. The summed E-state index contributed by atoms with van der Waals surface area (Å²) in [6, 6.07) is 4.65. The van der Waals surface area contributed by atoms with Gasteiger partial charge in [-0.3, -0.25) is 0 Å². The number of benzene rings is 1. The van der Waals surface area contributed by atoms with Gasteiger partial charge in [-0.2, -0.15) is 5.26 Å². The summed E-state index contributed by atoms with van der Waals surface area (Å²) in [5.41, 5.74) is 0.380. The second kappa shape index (κ2) is 4.06. The Hall–Kier alpha value is -0.340. The van der Waals surface area contributed by atoms with Crippen LogP contribution in [0.25, 0.3) is 0 Å². The second-order valence-electron chi connectivity index (χ2n) is 2.16. The third-order valence-corrected chi connectivity index (χ3v) is 3.26. The van der Waals surface area contributed by atoms with Gasteiger partial charge in [0.25, 0.3) is 0 Å². The standard InChI is InChI=1S/C8H4ClFIN/c9-6-1-2-7(10)5(3-4-12)8(6)11/h1-2H,3H2. The van der Waals surface area contributed by atoms with Crippen LogP contribution in [0.2, 0.25) is 5.02 Å². The first kappa shape index (κ1) is 9.75. The molecule has 0 saturated heterocycles. The highest BCUT2D eigenvalue weighted by Gasteiger charge is 2.08. The highest BCUT2D eigenvalue weighted by molar-refractivity contribution is 14.1. The molecule has 0 N–H and O–H groups in total. The predicted octanol–water partition coefficient (Wildman–Crippen LogP) is 3.15. The van der Waals surface area contributed by atoms with Crippen molar-refractivity contribution in [2.24, 2.45) is 0 Å². The van der Waals surface area contributed by atoms with Crippen LogP contribution in [0, 0.1) is 20.7 Å². The first-order valence-electron chi connectivity index (χ1n) is 3.16. The van der Waals surface area contributed by atoms with Crippen LogP contribution in [0.4, 0.5) is 4.39 Å². The molecular formula is C8H4ClFIN. The van der Waals surface area contributed by atoms with Gasteiger partial charge in [0.1, 0.15) is 5.82 Å². The van der Waals surface area contributed by atoms with E-state index in [4.69, 9.17) is 16.9 Å². The van der Waals surface area contributed by atoms with Gasteiger partial charge in [-0.05, 0) is 34.7 Å². The Labute approximate surface area is 88.3 Å². The number of hydrogen-bond donors (Lipinski definition) is 0. The van der Waals surface area contributed by atoms with E-state index in [2.05, 4.69) is 0 Å². The molecule has 12 heavy (non-hydrogen) atoms. The number of hydrogen-bond acceptors (Lipinski definition) is 1. The average molecular weight is 295 g/mol. The van der Waals surface area contributed by atoms with Gasteiger partial charge in [0.15, 0.2) is 0 Å². The molecule has 4 heteroatoms. The first-order valence-corrected chi connectivity index (χ1v) is 4.62. The van der Waals surface area contributed by atoms with E-state index in [1.165, 1.54) is 12.1 Å². The molecule has 0 aliphatic heterocycles. The Bertz CT molecular complexity index is 346. The van der Waals surface area contributed by atoms with Gasteiger partial charge in [0.05, 0.1) is 17.5 Å².